The van der Waals surface area contributed by atoms with Crippen molar-refractivity contribution in [3.8, 4) is 0 Å². The highest BCUT2D eigenvalue weighted by Gasteiger charge is 2.04. The molecule has 1 radical (unpaired) electrons. The molecule has 0 aliphatic carbocycles. The monoisotopic (exact) mass is 167 g/mol. The summed E-state index contributed by atoms with van der Waals surface area (Å²) < 4.78 is 0. The Bertz CT molecular complexity index is 261. The predicted octanol–water partition coefficient (Wildman–Crippen LogP) is 3.37. The molecule has 1 rings (SSSR count). The van der Waals surface area contributed by atoms with Gasteiger partial charge in [0, 0.05) is 5.02 Å². The quantitative estimate of drug-likeness (QED) is 0.556. The van der Waals surface area contributed by atoms with E-state index in [0.29, 0.717) is 0 Å². The number of hydrogen-bond acceptors (Lipinski definition) is 0. The standard InChI is InChI=1S/C10H12Cl/c1-6-5-7(2)9(4)10(11)8(6)3/h1-4H3. The van der Waals surface area contributed by atoms with Crippen LogP contribution >= 0.6 is 11.6 Å². The SMILES string of the molecule is Cc1[c]c(C)c(C)c(Cl)c1C. The summed E-state index contributed by atoms with van der Waals surface area (Å²) in [5.74, 6) is 0. The smallest absolute Gasteiger partial charge is 0.0470 e. The summed E-state index contributed by atoms with van der Waals surface area (Å²) in [5.41, 5.74) is 4.60. The Labute approximate surface area is 73.2 Å². The van der Waals surface area contributed by atoms with E-state index in [2.05, 4.69) is 6.07 Å². The van der Waals surface area contributed by atoms with Crippen molar-refractivity contribution in [1.29, 1.82) is 0 Å². The zero-order valence-electron chi connectivity index (χ0n) is 7.38. The van der Waals surface area contributed by atoms with E-state index < -0.39 is 0 Å². The van der Waals surface area contributed by atoms with Gasteiger partial charge in [0.05, 0.1) is 0 Å². The van der Waals surface area contributed by atoms with Gasteiger partial charge in [0.25, 0.3) is 0 Å². The van der Waals surface area contributed by atoms with Crippen molar-refractivity contribution in [3.63, 3.8) is 0 Å². The fraction of sp³-hybridized carbons (Fsp3) is 0.400. The van der Waals surface area contributed by atoms with Crippen molar-refractivity contribution in [2.24, 2.45) is 0 Å². The lowest BCUT2D eigenvalue weighted by molar-refractivity contribution is 1.23. The van der Waals surface area contributed by atoms with E-state index in [1.54, 1.807) is 0 Å². The van der Waals surface area contributed by atoms with Gasteiger partial charge < -0.3 is 0 Å². The van der Waals surface area contributed by atoms with Gasteiger partial charge in [0.2, 0.25) is 0 Å². The summed E-state index contributed by atoms with van der Waals surface area (Å²) in [6, 6.07) is 3.26. The van der Waals surface area contributed by atoms with E-state index in [1.165, 1.54) is 0 Å². The summed E-state index contributed by atoms with van der Waals surface area (Å²) in [4.78, 5) is 0. The van der Waals surface area contributed by atoms with Gasteiger partial charge in [-0.1, -0.05) is 11.6 Å². The maximum absolute atomic E-state index is 6.07. The van der Waals surface area contributed by atoms with E-state index in [1.807, 2.05) is 27.7 Å². The van der Waals surface area contributed by atoms with Crippen molar-refractivity contribution in [2.75, 3.05) is 0 Å². The third kappa shape index (κ3) is 1.41. The first-order valence-electron chi connectivity index (χ1n) is 3.69. The van der Waals surface area contributed by atoms with Gasteiger partial charge in [-0.2, -0.15) is 0 Å². The molecule has 0 atom stereocenters. The molecule has 59 valence electrons. The predicted molar refractivity (Wildman–Crippen MR) is 49.2 cm³/mol. The van der Waals surface area contributed by atoms with Crippen LogP contribution in [0.15, 0.2) is 0 Å². The van der Waals surface area contributed by atoms with Crippen LogP contribution in [0.4, 0.5) is 0 Å². The molecule has 1 aromatic rings. The van der Waals surface area contributed by atoms with Crippen LogP contribution in [-0.4, -0.2) is 0 Å². The van der Waals surface area contributed by atoms with Crippen LogP contribution in [0.1, 0.15) is 22.3 Å². The first-order chi connectivity index (χ1) is 5.04. The minimum atomic E-state index is 0.888. The van der Waals surface area contributed by atoms with E-state index in [9.17, 15) is 0 Å². The molecule has 0 nitrogen and oxygen atoms in total. The maximum atomic E-state index is 6.07. The Morgan fingerprint density at radius 3 is 1.64 bits per heavy atom. The normalized spacial score (nSPS) is 10.3. The Kier molecular flexibility index (Phi) is 2.24. The van der Waals surface area contributed by atoms with Gasteiger partial charge in [-0.15, -0.1) is 0 Å². The second-order valence-electron chi connectivity index (χ2n) is 2.94. The van der Waals surface area contributed by atoms with Gasteiger partial charge in [-0.25, -0.2) is 0 Å². The molecule has 0 aromatic heterocycles. The first-order valence-corrected chi connectivity index (χ1v) is 4.07. The molecule has 11 heavy (non-hydrogen) atoms. The lowest BCUT2D eigenvalue weighted by atomic mass is 10.0. The average Bonchev–Trinajstić information content (AvgIpc) is 1.97. The maximum Gasteiger partial charge on any atom is 0.0470 e. The van der Waals surface area contributed by atoms with Gasteiger partial charge in [-0.05, 0) is 56.0 Å². The summed E-state index contributed by atoms with van der Waals surface area (Å²) in [6.07, 6.45) is 0. The molecule has 0 heterocycles. The van der Waals surface area contributed by atoms with Crippen molar-refractivity contribution < 1.29 is 0 Å². The third-order valence-corrected chi connectivity index (χ3v) is 2.73. The van der Waals surface area contributed by atoms with Crippen LogP contribution < -0.4 is 0 Å². The number of rotatable bonds is 0. The van der Waals surface area contributed by atoms with E-state index >= 15 is 0 Å². The molecule has 0 aliphatic rings. The summed E-state index contributed by atoms with van der Waals surface area (Å²) in [6.45, 7) is 8.13. The lowest BCUT2D eigenvalue weighted by Gasteiger charge is -2.08. The van der Waals surface area contributed by atoms with Crippen LogP contribution in [-0.2, 0) is 0 Å². The topological polar surface area (TPSA) is 0 Å². The number of aryl methyl sites for hydroxylation is 2. The second kappa shape index (κ2) is 2.86. The minimum absolute atomic E-state index is 0.888. The molecular formula is C10H12Cl. The summed E-state index contributed by atoms with van der Waals surface area (Å²) in [7, 11) is 0. The zero-order chi connectivity index (χ0) is 8.59. The Morgan fingerprint density at radius 1 is 0.909 bits per heavy atom. The highest BCUT2D eigenvalue weighted by molar-refractivity contribution is 6.32. The zero-order valence-corrected chi connectivity index (χ0v) is 8.13. The molecular weight excluding hydrogens is 156 g/mol. The van der Waals surface area contributed by atoms with Crippen LogP contribution in [0.2, 0.25) is 5.02 Å². The van der Waals surface area contributed by atoms with E-state index in [-0.39, 0.29) is 0 Å². The Hall–Kier alpha value is -0.490. The third-order valence-electron chi connectivity index (χ3n) is 2.16. The van der Waals surface area contributed by atoms with Crippen LogP contribution in [0, 0.1) is 33.8 Å². The van der Waals surface area contributed by atoms with Crippen molar-refractivity contribution in [3.05, 3.63) is 33.3 Å². The van der Waals surface area contributed by atoms with E-state index in [4.69, 9.17) is 11.6 Å². The van der Waals surface area contributed by atoms with Crippen LogP contribution in [0.25, 0.3) is 0 Å². The average molecular weight is 168 g/mol. The Balaban J connectivity index is 3.46. The van der Waals surface area contributed by atoms with Crippen LogP contribution in [0.5, 0.6) is 0 Å². The molecule has 0 unspecified atom stereocenters. The van der Waals surface area contributed by atoms with Gasteiger partial charge in [0.15, 0.2) is 0 Å². The highest BCUT2D eigenvalue weighted by Crippen LogP contribution is 2.25. The molecule has 1 aromatic carbocycles. The number of halogens is 1. The molecule has 0 aliphatic heterocycles. The molecule has 0 amide bonds. The molecule has 1 heteroatoms. The fourth-order valence-electron chi connectivity index (χ4n) is 1.08. The number of hydrogen-bond donors (Lipinski definition) is 0. The van der Waals surface area contributed by atoms with Gasteiger partial charge in [0.1, 0.15) is 0 Å². The van der Waals surface area contributed by atoms with Crippen molar-refractivity contribution in [1.82, 2.24) is 0 Å². The molecule has 0 fully saturated rings. The fourth-order valence-corrected chi connectivity index (χ4v) is 1.36. The molecule has 0 bridgehead atoms. The minimum Gasteiger partial charge on any atom is -0.0837 e. The highest BCUT2D eigenvalue weighted by atomic mass is 35.5. The van der Waals surface area contributed by atoms with Gasteiger partial charge in [-0.3, -0.25) is 0 Å². The Morgan fingerprint density at radius 2 is 1.27 bits per heavy atom. The second-order valence-corrected chi connectivity index (χ2v) is 3.32. The molecule has 0 saturated carbocycles. The van der Waals surface area contributed by atoms with E-state index in [0.717, 1.165) is 27.3 Å². The van der Waals surface area contributed by atoms with Crippen LogP contribution in [0.3, 0.4) is 0 Å². The lowest BCUT2D eigenvalue weighted by Crippen LogP contribution is -1.90. The summed E-state index contributed by atoms with van der Waals surface area (Å²) in [5, 5.41) is 0.888. The van der Waals surface area contributed by atoms with Gasteiger partial charge >= 0.3 is 0 Å². The van der Waals surface area contributed by atoms with Crippen molar-refractivity contribution >= 4 is 11.6 Å². The first kappa shape index (κ1) is 8.61. The number of benzene rings is 1. The molecule has 0 N–H and O–H groups in total. The largest absolute Gasteiger partial charge is 0.0837 e. The molecule has 0 saturated heterocycles. The van der Waals surface area contributed by atoms with Crippen molar-refractivity contribution in [2.45, 2.75) is 27.7 Å². The summed E-state index contributed by atoms with van der Waals surface area (Å²) >= 11 is 6.07. The molecule has 0 spiro atoms.